The Kier molecular flexibility index (Phi) is 3.34. The first kappa shape index (κ1) is 14.3. The largest absolute Gasteiger partial charge is 0.365 e. The summed E-state index contributed by atoms with van der Waals surface area (Å²) >= 11 is 5.91. The van der Waals surface area contributed by atoms with Gasteiger partial charge >= 0.3 is 0 Å². The van der Waals surface area contributed by atoms with Crippen LogP contribution in [0.2, 0.25) is 5.28 Å². The maximum Gasteiger partial charge on any atom is 0.255 e. The highest BCUT2D eigenvalue weighted by Gasteiger charge is 2.22. The van der Waals surface area contributed by atoms with Gasteiger partial charge in [-0.05, 0) is 42.0 Å². The summed E-state index contributed by atoms with van der Waals surface area (Å²) in [6, 6.07) is 12.7. The van der Waals surface area contributed by atoms with Gasteiger partial charge in [0.15, 0.2) is 0 Å². The lowest BCUT2D eigenvalue weighted by atomic mass is 10.0. The van der Waals surface area contributed by atoms with E-state index in [2.05, 4.69) is 58.2 Å². The number of aromatic amines is 1. The third-order valence-electron chi connectivity index (χ3n) is 4.48. The molecule has 23 heavy (non-hydrogen) atoms. The lowest BCUT2D eigenvalue weighted by molar-refractivity contribution is 0.699. The van der Waals surface area contributed by atoms with Crippen molar-refractivity contribution >= 4 is 28.1 Å². The molecular formula is C18H16ClN3O. The Bertz CT molecular complexity index is 959. The van der Waals surface area contributed by atoms with Crippen molar-refractivity contribution in [2.75, 3.05) is 11.4 Å². The number of rotatable bonds is 1. The van der Waals surface area contributed by atoms with Crippen LogP contribution < -0.4 is 10.5 Å². The van der Waals surface area contributed by atoms with E-state index in [1.165, 1.54) is 22.0 Å². The first-order chi connectivity index (χ1) is 11.1. The van der Waals surface area contributed by atoms with Gasteiger partial charge in [-0.15, -0.1) is 0 Å². The van der Waals surface area contributed by atoms with Crippen LogP contribution >= 0.6 is 11.6 Å². The second kappa shape index (κ2) is 5.39. The zero-order chi connectivity index (χ0) is 16.0. The molecule has 0 fully saturated rings. The molecule has 0 radical (unpaired) electrons. The molecule has 0 unspecified atom stereocenters. The lowest BCUT2D eigenvalue weighted by Crippen LogP contribution is -2.35. The molecule has 1 aliphatic heterocycles. The molecule has 4 nitrogen and oxygen atoms in total. The maximum absolute atomic E-state index is 12.0. The number of benzene rings is 2. The van der Waals surface area contributed by atoms with Gasteiger partial charge in [0, 0.05) is 23.2 Å². The van der Waals surface area contributed by atoms with Crippen molar-refractivity contribution in [3.8, 4) is 0 Å². The normalized spacial score (nSPS) is 14.1. The standard InChI is InChI=1S/C18H16ClN3O/c1-11-4-2-5-12-6-3-7-15(16(11)12)22-9-8-13-14(10-22)20-18(19)21-17(13)23/h2-7H,8-10H2,1H3,(H,20,21,23). The molecule has 0 amide bonds. The zero-order valence-electron chi connectivity index (χ0n) is 12.8. The molecule has 0 saturated heterocycles. The van der Waals surface area contributed by atoms with E-state index >= 15 is 0 Å². The molecule has 0 aliphatic carbocycles. The summed E-state index contributed by atoms with van der Waals surface area (Å²) in [5, 5.41) is 2.64. The van der Waals surface area contributed by atoms with Crippen LogP contribution in [0.3, 0.4) is 0 Å². The Morgan fingerprint density at radius 1 is 1.22 bits per heavy atom. The summed E-state index contributed by atoms with van der Waals surface area (Å²) in [7, 11) is 0. The SMILES string of the molecule is Cc1cccc2cccc(N3CCc4c(nc(Cl)[nH]c4=O)C3)c12. The molecular weight excluding hydrogens is 310 g/mol. The molecule has 4 rings (SSSR count). The van der Waals surface area contributed by atoms with Crippen molar-refractivity contribution < 1.29 is 0 Å². The first-order valence-corrected chi connectivity index (χ1v) is 8.02. The summed E-state index contributed by atoms with van der Waals surface area (Å²) in [5.74, 6) is 0. The van der Waals surface area contributed by atoms with E-state index < -0.39 is 0 Å². The van der Waals surface area contributed by atoms with Crippen molar-refractivity contribution in [3.63, 3.8) is 0 Å². The first-order valence-electron chi connectivity index (χ1n) is 7.64. The van der Waals surface area contributed by atoms with Gasteiger partial charge in [-0.1, -0.05) is 30.3 Å². The van der Waals surface area contributed by atoms with Gasteiger partial charge in [0.25, 0.3) is 5.56 Å². The predicted octanol–water partition coefficient (Wildman–Crippen LogP) is 3.45. The lowest BCUT2D eigenvalue weighted by Gasteiger charge is -2.30. The van der Waals surface area contributed by atoms with E-state index in [0.29, 0.717) is 13.0 Å². The third kappa shape index (κ3) is 2.39. The van der Waals surface area contributed by atoms with Crippen molar-refractivity contribution in [1.82, 2.24) is 9.97 Å². The van der Waals surface area contributed by atoms with Crippen LogP contribution in [-0.2, 0) is 13.0 Å². The Morgan fingerprint density at radius 3 is 2.83 bits per heavy atom. The topological polar surface area (TPSA) is 49.0 Å². The molecule has 116 valence electrons. The number of halogens is 1. The Labute approximate surface area is 138 Å². The number of nitrogens with one attached hydrogen (secondary N) is 1. The van der Waals surface area contributed by atoms with Gasteiger partial charge in [-0.25, -0.2) is 4.98 Å². The van der Waals surface area contributed by atoms with Crippen molar-refractivity contribution in [2.45, 2.75) is 19.9 Å². The van der Waals surface area contributed by atoms with E-state index in [1.54, 1.807) is 0 Å². The number of aryl methyl sites for hydroxylation is 1. The number of nitrogens with zero attached hydrogens (tertiary/aromatic N) is 2. The van der Waals surface area contributed by atoms with Crippen LogP contribution in [0.15, 0.2) is 41.2 Å². The summed E-state index contributed by atoms with van der Waals surface area (Å²) < 4.78 is 0. The molecule has 0 spiro atoms. The van der Waals surface area contributed by atoms with Gasteiger partial charge in [0.2, 0.25) is 5.28 Å². The summed E-state index contributed by atoms with van der Waals surface area (Å²) in [4.78, 5) is 21.2. The maximum atomic E-state index is 12.0. The van der Waals surface area contributed by atoms with Gasteiger partial charge in [0.1, 0.15) is 0 Å². The van der Waals surface area contributed by atoms with E-state index in [4.69, 9.17) is 11.6 Å². The Balaban J connectivity index is 1.83. The average molecular weight is 326 g/mol. The fourth-order valence-electron chi connectivity index (χ4n) is 3.38. The van der Waals surface area contributed by atoms with Crippen LogP contribution in [0.4, 0.5) is 5.69 Å². The van der Waals surface area contributed by atoms with E-state index in [0.717, 1.165) is 17.8 Å². The van der Waals surface area contributed by atoms with Gasteiger partial charge in [0.05, 0.1) is 12.2 Å². The Morgan fingerprint density at radius 2 is 2.00 bits per heavy atom. The molecule has 0 saturated carbocycles. The molecule has 5 heteroatoms. The zero-order valence-corrected chi connectivity index (χ0v) is 13.5. The minimum absolute atomic E-state index is 0.117. The highest BCUT2D eigenvalue weighted by atomic mass is 35.5. The van der Waals surface area contributed by atoms with E-state index in [-0.39, 0.29) is 10.8 Å². The molecule has 1 N–H and O–H groups in total. The van der Waals surface area contributed by atoms with Crippen LogP contribution in [0.5, 0.6) is 0 Å². The third-order valence-corrected chi connectivity index (χ3v) is 4.66. The second-order valence-electron chi connectivity index (χ2n) is 5.90. The molecule has 2 aromatic carbocycles. The fourth-order valence-corrected chi connectivity index (χ4v) is 3.57. The minimum Gasteiger partial charge on any atom is -0.365 e. The molecule has 1 aliphatic rings. The number of hydrogen-bond acceptors (Lipinski definition) is 3. The van der Waals surface area contributed by atoms with Crippen molar-refractivity contribution in [1.29, 1.82) is 0 Å². The van der Waals surface area contributed by atoms with Crippen LogP contribution in [-0.4, -0.2) is 16.5 Å². The summed E-state index contributed by atoms with van der Waals surface area (Å²) in [6.45, 7) is 3.53. The van der Waals surface area contributed by atoms with Crippen LogP contribution in [0, 0.1) is 6.92 Å². The van der Waals surface area contributed by atoms with Gasteiger partial charge < -0.3 is 4.90 Å². The van der Waals surface area contributed by atoms with Gasteiger partial charge in [-0.2, -0.15) is 0 Å². The molecule has 1 aromatic heterocycles. The van der Waals surface area contributed by atoms with E-state index in [9.17, 15) is 4.79 Å². The van der Waals surface area contributed by atoms with Crippen molar-refractivity contribution in [2.24, 2.45) is 0 Å². The number of fused-ring (bicyclic) bond motifs is 2. The average Bonchev–Trinajstić information content (AvgIpc) is 2.54. The molecule has 3 aromatic rings. The van der Waals surface area contributed by atoms with Gasteiger partial charge in [-0.3, -0.25) is 9.78 Å². The van der Waals surface area contributed by atoms with Crippen molar-refractivity contribution in [3.05, 3.63) is 68.9 Å². The van der Waals surface area contributed by atoms with Crippen LogP contribution in [0.25, 0.3) is 10.8 Å². The number of hydrogen-bond donors (Lipinski definition) is 1. The quantitative estimate of drug-likeness (QED) is 0.697. The Hall–Kier alpha value is -2.33. The number of H-pyrrole nitrogens is 1. The summed E-state index contributed by atoms with van der Waals surface area (Å²) in [5.41, 5.74) is 3.84. The minimum atomic E-state index is -0.117. The predicted molar refractivity (Wildman–Crippen MR) is 93.3 cm³/mol. The molecule has 2 heterocycles. The molecule has 0 atom stereocenters. The second-order valence-corrected chi connectivity index (χ2v) is 6.26. The highest BCUT2D eigenvalue weighted by Crippen LogP contribution is 2.32. The number of aromatic nitrogens is 2. The molecule has 0 bridgehead atoms. The highest BCUT2D eigenvalue weighted by molar-refractivity contribution is 6.28. The summed E-state index contributed by atoms with van der Waals surface area (Å²) in [6.07, 6.45) is 0.678. The fraction of sp³-hybridized carbons (Fsp3) is 0.222. The monoisotopic (exact) mass is 325 g/mol. The van der Waals surface area contributed by atoms with Crippen LogP contribution in [0.1, 0.15) is 16.8 Å². The number of anilines is 1. The smallest absolute Gasteiger partial charge is 0.255 e. The van der Waals surface area contributed by atoms with E-state index in [1.807, 2.05) is 0 Å².